The van der Waals surface area contributed by atoms with E-state index in [-0.39, 0.29) is 18.9 Å². The predicted molar refractivity (Wildman–Crippen MR) is 76.9 cm³/mol. The molecule has 1 aliphatic heterocycles. The first-order valence-electron chi connectivity index (χ1n) is 7.85. The zero-order valence-corrected chi connectivity index (χ0v) is 12.7. The van der Waals surface area contributed by atoms with Crippen molar-refractivity contribution < 1.29 is 29.6 Å². The van der Waals surface area contributed by atoms with Crippen LogP contribution in [0, 0.1) is 0 Å². The molecule has 1 aliphatic rings. The normalized spacial score (nSPS) is 29.5. The van der Waals surface area contributed by atoms with E-state index >= 15 is 0 Å². The Hall–Kier alpha value is -0.690. The number of carbonyl (C=O) groups is 1. The van der Waals surface area contributed by atoms with Crippen molar-refractivity contribution >= 4 is 5.97 Å². The van der Waals surface area contributed by atoms with Gasteiger partial charge in [0.25, 0.3) is 0 Å². The van der Waals surface area contributed by atoms with Gasteiger partial charge in [0.1, 0.15) is 6.10 Å². The van der Waals surface area contributed by atoms with Crippen molar-refractivity contribution in [3.05, 3.63) is 0 Å². The van der Waals surface area contributed by atoms with Gasteiger partial charge in [-0.05, 0) is 19.8 Å². The minimum Gasteiger partial charge on any atom is -0.481 e. The number of aliphatic hydroxyl groups excluding tert-OH is 2. The largest absolute Gasteiger partial charge is 0.481 e. The van der Waals surface area contributed by atoms with Gasteiger partial charge in [-0.1, -0.05) is 25.7 Å². The van der Waals surface area contributed by atoms with Gasteiger partial charge in [-0.2, -0.15) is 0 Å². The van der Waals surface area contributed by atoms with Crippen molar-refractivity contribution in [2.75, 3.05) is 6.61 Å². The molecule has 1 fully saturated rings. The molecule has 0 aromatic heterocycles. The standard InChI is InChI=1S/C15H28O6/c1-11-12(16)10-13(17)15(21-11)20-9-7-5-3-2-4-6-8-14(18)19/h11-13,15-17H,2-10H2,1H3,(H,18,19). The molecule has 21 heavy (non-hydrogen) atoms. The maximum absolute atomic E-state index is 10.3. The molecule has 0 radical (unpaired) electrons. The number of ether oxygens (including phenoxy) is 2. The molecule has 3 N–H and O–H groups in total. The molecule has 0 aromatic rings. The summed E-state index contributed by atoms with van der Waals surface area (Å²) in [5.41, 5.74) is 0. The van der Waals surface area contributed by atoms with E-state index in [2.05, 4.69) is 0 Å². The van der Waals surface area contributed by atoms with Crippen LogP contribution >= 0.6 is 0 Å². The van der Waals surface area contributed by atoms with Gasteiger partial charge in [-0.3, -0.25) is 4.79 Å². The van der Waals surface area contributed by atoms with Crippen LogP contribution in [0.25, 0.3) is 0 Å². The first kappa shape index (κ1) is 18.4. The van der Waals surface area contributed by atoms with Crippen molar-refractivity contribution in [2.24, 2.45) is 0 Å². The summed E-state index contributed by atoms with van der Waals surface area (Å²) in [7, 11) is 0. The second-order valence-electron chi connectivity index (χ2n) is 5.72. The van der Waals surface area contributed by atoms with Gasteiger partial charge < -0.3 is 24.8 Å². The Bertz CT molecular complexity index is 296. The molecular weight excluding hydrogens is 276 g/mol. The maximum atomic E-state index is 10.3. The highest BCUT2D eigenvalue weighted by atomic mass is 16.7. The second kappa shape index (κ2) is 10.1. The van der Waals surface area contributed by atoms with Gasteiger partial charge >= 0.3 is 5.97 Å². The molecule has 4 atom stereocenters. The van der Waals surface area contributed by atoms with Gasteiger partial charge in [-0.15, -0.1) is 0 Å². The van der Waals surface area contributed by atoms with Crippen LogP contribution in [0.2, 0.25) is 0 Å². The van der Waals surface area contributed by atoms with Crippen LogP contribution in [0.4, 0.5) is 0 Å². The van der Waals surface area contributed by atoms with Gasteiger partial charge in [-0.25, -0.2) is 0 Å². The molecule has 124 valence electrons. The minimum atomic E-state index is -0.771. The first-order chi connectivity index (χ1) is 10.0. The molecule has 6 nitrogen and oxygen atoms in total. The van der Waals surface area contributed by atoms with Gasteiger partial charge in [0, 0.05) is 19.4 Å². The number of hydrogen-bond donors (Lipinski definition) is 3. The molecule has 6 heteroatoms. The number of rotatable bonds is 10. The van der Waals surface area contributed by atoms with E-state index in [0.29, 0.717) is 6.61 Å². The molecule has 0 spiro atoms. The molecule has 0 bridgehead atoms. The molecule has 1 heterocycles. The number of carboxylic acid groups (broad SMARTS) is 1. The Morgan fingerprint density at radius 2 is 1.71 bits per heavy atom. The highest BCUT2D eigenvalue weighted by Crippen LogP contribution is 2.21. The molecule has 1 saturated heterocycles. The summed E-state index contributed by atoms with van der Waals surface area (Å²) in [4.78, 5) is 10.3. The highest BCUT2D eigenvalue weighted by Gasteiger charge is 2.34. The third-order valence-electron chi connectivity index (χ3n) is 3.75. The molecule has 0 aromatic carbocycles. The van der Waals surface area contributed by atoms with E-state index in [9.17, 15) is 15.0 Å². The smallest absolute Gasteiger partial charge is 0.303 e. The topological polar surface area (TPSA) is 96.2 Å². The summed E-state index contributed by atoms with van der Waals surface area (Å²) in [6.45, 7) is 2.30. The summed E-state index contributed by atoms with van der Waals surface area (Å²) in [5, 5.41) is 27.8. The van der Waals surface area contributed by atoms with Crippen molar-refractivity contribution in [2.45, 2.75) is 82.9 Å². The SMILES string of the molecule is CC1OC(OCCCCCCCCC(=O)O)C(O)CC1O. The number of hydrogen-bond acceptors (Lipinski definition) is 5. The van der Waals surface area contributed by atoms with Crippen LogP contribution in [-0.2, 0) is 14.3 Å². The van der Waals surface area contributed by atoms with Crippen molar-refractivity contribution in [1.82, 2.24) is 0 Å². The zero-order valence-electron chi connectivity index (χ0n) is 12.7. The lowest BCUT2D eigenvalue weighted by atomic mass is 10.0. The van der Waals surface area contributed by atoms with Crippen LogP contribution in [0.15, 0.2) is 0 Å². The number of aliphatic hydroxyl groups is 2. The molecule has 4 unspecified atom stereocenters. The average Bonchev–Trinajstić information content (AvgIpc) is 2.42. The van der Waals surface area contributed by atoms with Crippen LogP contribution in [0.1, 0.15) is 58.3 Å². The summed E-state index contributed by atoms with van der Waals surface area (Å²) >= 11 is 0. The summed E-state index contributed by atoms with van der Waals surface area (Å²) in [5.74, 6) is -0.728. The van der Waals surface area contributed by atoms with E-state index in [1.807, 2.05) is 0 Å². The molecule has 0 saturated carbocycles. The van der Waals surface area contributed by atoms with E-state index in [4.69, 9.17) is 14.6 Å². The third-order valence-corrected chi connectivity index (χ3v) is 3.75. The van der Waals surface area contributed by atoms with Crippen LogP contribution in [0.5, 0.6) is 0 Å². The molecule has 0 amide bonds. The van der Waals surface area contributed by atoms with Crippen molar-refractivity contribution in [1.29, 1.82) is 0 Å². The lowest BCUT2D eigenvalue weighted by Gasteiger charge is -2.35. The second-order valence-corrected chi connectivity index (χ2v) is 5.72. The van der Waals surface area contributed by atoms with E-state index in [1.165, 1.54) is 0 Å². The molecular formula is C15H28O6. The Morgan fingerprint density at radius 1 is 1.10 bits per heavy atom. The summed E-state index contributed by atoms with van der Waals surface area (Å²) < 4.78 is 10.9. The van der Waals surface area contributed by atoms with Crippen LogP contribution in [0.3, 0.4) is 0 Å². The summed E-state index contributed by atoms with van der Waals surface area (Å²) in [6.07, 6.45) is 3.90. The van der Waals surface area contributed by atoms with Gasteiger partial charge in [0.2, 0.25) is 0 Å². The lowest BCUT2D eigenvalue weighted by molar-refractivity contribution is -0.261. The Labute approximate surface area is 126 Å². The predicted octanol–water partition coefficient (Wildman–Crippen LogP) is 1.68. The van der Waals surface area contributed by atoms with Crippen LogP contribution in [-0.4, -0.2) is 52.5 Å². The Morgan fingerprint density at radius 3 is 2.38 bits per heavy atom. The molecule has 0 aliphatic carbocycles. The van der Waals surface area contributed by atoms with Crippen molar-refractivity contribution in [3.63, 3.8) is 0 Å². The van der Waals surface area contributed by atoms with Crippen molar-refractivity contribution in [3.8, 4) is 0 Å². The molecule has 1 rings (SSSR count). The fraction of sp³-hybridized carbons (Fsp3) is 0.933. The Kier molecular flexibility index (Phi) is 8.84. The fourth-order valence-corrected chi connectivity index (χ4v) is 2.38. The Balaban J connectivity index is 1.95. The first-order valence-corrected chi connectivity index (χ1v) is 7.85. The number of aliphatic carboxylic acids is 1. The van der Waals surface area contributed by atoms with E-state index < -0.39 is 24.5 Å². The quantitative estimate of drug-likeness (QED) is 0.531. The van der Waals surface area contributed by atoms with E-state index in [1.54, 1.807) is 6.92 Å². The van der Waals surface area contributed by atoms with Gasteiger partial charge in [0.15, 0.2) is 6.29 Å². The van der Waals surface area contributed by atoms with Crippen LogP contribution < -0.4 is 0 Å². The zero-order chi connectivity index (χ0) is 15.7. The number of unbranched alkanes of at least 4 members (excludes halogenated alkanes) is 5. The fourth-order valence-electron chi connectivity index (χ4n) is 2.38. The average molecular weight is 304 g/mol. The highest BCUT2D eigenvalue weighted by molar-refractivity contribution is 5.66. The third kappa shape index (κ3) is 7.76. The minimum absolute atomic E-state index is 0.254. The van der Waals surface area contributed by atoms with Gasteiger partial charge in [0.05, 0.1) is 12.2 Å². The maximum Gasteiger partial charge on any atom is 0.303 e. The summed E-state index contributed by atoms with van der Waals surface area (Å²) in [6, 6.07) is 0. The number of carboxylic acids is 1. The lowest BCUT2D eigenvalue weighted by Crippen LogP contribution is -2.47. The monoisotopic (exact) mass is 304 g/mol. The van der Waals surface area contributed by atoms with E-state index in [0.717, 1.165) is 38.5 Å².